The summed E-state index contributed by atoms with van der Waals surface area (Å²) in [5.74, 6) is 0.972. The van der Waals surface area contributed by atoms with Gasteiger partial charge in [0.1, 0.15) is 0 Å². The molecule has 3 heteroatoms. The van der Waals surface area contributed by atoms with Crippen LogP contribution in [-0.4, -0.2) is 18.0 Å². The van der Waals surface area contributed by atoms with Gasteiger partial charge in [0.25, 0.3) is 0 Å². The van der Waals surface area contributed by atoms with Gasteiger partial charge in [-0.25, -0.2) is 0 Å². The number of nitrogens with two attached hydrogens (primary N) is 1. The van der Waals surface area contributed by atoms with E-state index in [2.05, 4.69) is 26.1 Å². The maximum Gasteiger partial charge on any atom is 0.223 e. The van der Waals surface area contributed by atoms with Gasteiger partial charge in [0.2, 0.25) is 5.91 Å². The fraction of sp³-hybridized carbons (Fsp3) is 0.933. The minimum atomic E-state index is 0.153. The first kappa shape index (κ1) is 13.9. The molecule has 0 heterocycles. The van der Waals surface area contributed by atoms with E-state index in [1.54, 1.807) is 0 Å². The second kappa shape index (κ2) is 5.20. The Morgan fingerprint density at radius 1 is 1.28 bits per heavy atom. The van der Waals surface area contributed by atoms with Gasteiger partial charge in [-0.15, -0.1) is 0 Å². The molecule has 4 unspecified atom stereocenters. The number of amides is 1. The minimum Gasteiger partial charge on any atom is -0.353 e. The van der Waals surface area contributed by atoms with Crippen molar-refractivity contribution in [3.8, 4) is 0 Å². The number of hydrogen-bond acceptors (Lipinski definition) is 2. The first-order valence-electron chi connectivity index (χ1n) is 7.43. The maximum atomic E-state index is 12.3. The summed E-state index contributed by atoms with van der Waals surface area (Å²) in [6, 6.07) is 0.595. The predicted octanol–water partition coefficient (Wildman–Crippen LogP) is 2.44. The van der Waals surface area contributed by atoms with Crippen LogP contribution in [0.1, 0.15) is 59.3 Å². The van der Waals surface area contributed by atoms with Crippen molar-refractivity contribution in [3.05, 3.63) is 0 Å². The van der Waals surface area contributed by atoms with Crippen LogP contribution >= 0.6 is 0 Å². The predicted molar refractivity (Wildman–Crippen MR) is 74.0 cm³/mol. The van der Waals surface area contributed by atoms with E-state index in [1.165, 1.54) is 6.42 Å². The molecule has 2 saturated carbocycles. The van der Waals surface area contributed by atoms with Crippen LogP contribution in [-0.2, 0) is 4.79 Å². The molecule has 0 radical (unpaired) electrons. The van der Waals surface area contributed by atoms with Gasteiger partial charge in [0.05, 0.1) is 0 Å². The molecule has 18 heavy (non-hydrogen) atoms. The lowest BCUT2D eigenvalue weighted by Crippen LogP contribution is -2.44. The van der Waals surface area contributed by atoms with Crippen molar-refractivity contribution in [1.29, 1.82) is 0 Å². The lowest BCUT2D eigenvalue weighted by molar-refractivity contribution is -0.127. The SMILES string of the molecule is CC1CCC(C(=O)NC2CCC(C)(C)C2)CC1N. The second-order valence-corrected chi connectivity index (χ2v) is 7.26. The van der Waals surface area contributed by atoms with E-state index in [-0.39, 0.29) is 17.9 Å². The average Bonchev–Trinajstić information content (AvgIpc) is 2.62. The zero-order valence-corrected chi connectivity index (χ0v) is 12.0. The Labute approximate surface area is 111 Å². The van der Waals surface area contributed by atoms with E-state index in [1.807, 2.05) is 0 Å². The monoisotopic (exact) mass is 252 g/mol. The molecule has 4 atom stereocenters. The van der Waals surface area contributed by atoms with Crippen LogP contribution in [0.3, 0.4) is 0 Å². The normalized spacial score (nSPS) is 39.6. The summed E-state index contributed by atoms with van der Waals surface area (Å²) in [5, 5.41) is 3.25. The van der Waals surface area contributed by atoms with Crippen LogP contribution in [0.25, 0.3) is 0 Å². The molecule has 0 bridgehead atoms. The van der Waals surface area contributed by atoms with Crippen LogP contribution in [0.15, 0.2) is 0 Å². The van der Waals surface area contributed by atoms with Gasteiger partial charge in [-0.2, -0.15) is 0 Å². The van der Waals surface area contributed by atoms with Crippen LogP contribution in [0.2, 0.25) is 0 Å². The first-order valence-corrected chi connectivity index (χ1v) is 7.43. The van der Waals surface area contributed by atoms with Gasteiger partial charge < -0.3 is 11.1 Å². The largest absolute Gasteiger partial charge is 0.353 e. The van der Waals surface area contributed by atoms with Crippen molar-refractivity contribution in [2.75, 3.05) is 0 Å². The lowest BCUT2D eigenvalue weighted by atomic mass is 9.79. The van der Waals surface area contributed by atoms with E-state index in [0.717, 1.165) is 32.1 Å². The summed E-state index contributed by atoms with van der Waals surface area (Å²) < 4.78 is 0. The molecule has 0 spiro atoms. The van der Waals surface area contributed by atoms with Gasteiger partial charge >= 0.3 is 0 Å². The zero-order valence-electron chi connectivity index (χ0n) is 12.0. The Morgan fingerprint density at radius 3 is 2.56 bits per heavy atom. The minimum absolute atomic E-state index is 0.153. The summed E-state index contributed by atoms with van der Waals surface area (Å²) in [6.07, 6.45) is 6.44. The van der Waals surface area contributed by atoms with Crippen LogP contribution in [0.5, 0.6) is 0 Å². The molecule has 2 aliphatic carbocycles. The summed E-state index contributed by atoms with van der Waals surface area (Å²) in [7, 11) is 0. The number of hydrogen-bond donors (Lipinski definition) is 2. The van der Waals surface area contributed by atoms with E-state index in [0.29, 0.717) is 17.4 Å². The van der Waals surface area contributed by atoms with Crippen molar-refractivity contribution in [2.24, 2.45) is 23.0 Å². The third-order valence-corrected chi connectivity index (χ3v) is 4.94. The first-order chi connectivity index (χ1) is 8.37. The van der Waals surface area contributed by atoms with Gasteiger partial charge in [-0.05, 0) is 49.9 Å². The molecule has 2 rings (SSSR count). The van der Waals surface area contributed by atoms with E-state index < -0.39 is 0 Å². The molecule has 104 valence electrons. The van der Waals surface area contributed by atoms with Gasteiger partial charge in [-0.3, -0.25) is 4.79 Å². The summed E-state index contributed by atoms with van der Waals surface area (Å²) >= 11 is 0. The maximum absolute atomic E-state index is 12.3. The highest BCUT2D eigenvalue weighted by atomic mass is 16.1. The Morgan fingerprint density at radius 2 is 2.00 bits per heavy atom. The number of rotatable bonds is 2. The Balaban J connectivity index is 1.82. The number of carbonyl (C=O) groups is 1. The number of carbonyl (C=O) groups excluding carboxylic acids is 1. The number of nitrogens with one attached hydrogen (secondary N) is 1. The van der Waals surface area contributed by atoms with Crippen LogP contribution < -0.4 is 11.1 Å². The summed E-state index contributed by atoms with van der Waals surface area (Å²) in [6.45, 7) is 6.77. The van der Waals surface area contributed by atoms with Gasteiger partial charge in [0.15, 0.2) is 0 Å². The van der Waals surface area contributed by atoms with Gasteiger partial charge in [0, 0.05) is 18.0 Å². The second-order valence-electron chi connectivity index (χ2n) is 7.26. The zero-order chi connectivity index (χ0) is 13.3. The van der Waals surface area contributed by atoms with Crippen LogP contribution in [0, 0.1) is 17.3 Å². The van der Waals surface area contributed by atoms with E-state index in [9.17, 15) is 4.79 Å². The Hall–Kier alpha value is -0.570. The lowest BCUT2D eigenvalue weighted by Gasteiger charge is -2.31. The Bertz CT molecular complexity index is 314. The molecule has 0 aromatic carbocycles. The average molecular weight is 252 g/mol. The van der Waals surface area contributed by atoms with Crippen molar-refractivity contribution < 1.29 is 4.79 Å². The van der Waals surface area contributed by atoms with E-state index >= 15 is 0 Å². The molecule has 0 aromatic rings. The molecular formula is C15H28N2O. The third-order valence-electron chi connectivity index (χ3n) is 4.94. The molecule has 0 aliphatic heterocycles. The smallest absolute Gasteiger partial charge is 0.223 e. The van der Waals surface area contributed by atoms with Crippen molar-refractivity contribution >= 4 is 5.91 Å². The van der Waals surface area contributed by atoms with Crippen molar-refractivity contribution in [2.45, 2.75) is 71.4 Å². The molecule has 1 amide bonds. The highest BCUT2D eigenvalue weighted by Crippen LogP contribution is 2.37. The Kier molecular flexibility index (Phi) is 4.00. The fourth-order valence-electron chi connectivity index (χ4n) is 3.47. The van der Waals surface area contributed by atoms with Crippen LogP contribution in [0.4, 0.5) is 0 Å². The molecule has 3 nitrogen and oxygen atoms in total. The van der Waals surface area contributed by atoms with Crippen molar-refractivity contribution in [1.82, 2.24) is 5.32 Å². The molecule has 3 N–H and O–H groups in total. The molecule has 2 fully saturated rings. The van der Waals surface area contributed by atoms with Crippen molar-refractivity contribution in [3.63, 3.8) is 0 Å². The van der Waals surface area contributed by atoms with E-state index in [4.69, 9.17) is 5.73 Å². The molecule has 2 aliphatic rings. The summed E-state index contributed by atoms with van der Waals surface area (Å²) in [5.41, 5.74) is 6.48. The third kappa shape index (κ3) is 3.25. The highest BCUT2D eigenvalue weighted by Gasteiger charge is 2.34. The summed E-state index contributed by atoms with van der Waals surface area (Å²) in [4.78, 5) is 12.3. The standard InChI is InChI=1S/C15H28N2O/c1-10-4-5-11(8-13(10)16)14(18)17-12-6-7-15(2,3)9-12/h10-13H,4-9,16H2,1-3H3,(H,17,18). The van der Waals surface area contributed by atoms with Gasteiger partial charge in [-0.1, -0.05) is 20.8 Å². The molecular weight excluding hydrogens is 224 g/mol. The molecule has 0 saturated heterocycles. The quantitative estimate of drug-likeness (QED) is 0.793. The highest BCUT2D eigenvalue weighted by molar-refractivity contribution is 5.79. The molecule has 0 aromatic heterocycles. The fourth-order valence-corrected chi connectivity index (χ4v) is 3.47. The topological polar surface area (TPSA) is 55.1 Å².